The summed E-state index contributed by atoms with van der Waals surface area (Å²) in [5.74, 6) is -2.61. The Kier molecular flexibility index (Phi) is 11.2. The lowest BCUT2D eigenvalue weighted by molar-refractivity contribution is -0.140. The van der Waals surface area contributed by atoms with E-state index >= 15 is 0 Å². The molecule has 0 fully saturated rings. The number of aliphatic carboxylic acids is 2. The molecule has 1 rings (SSSR count). The largest absolute Gasteiger partial charge is 0.481 e. The first-order chi connectivity index (χ1) is 15.7. The van der Waals surface area contributed by atoms with Crippen molar-refractivity contribution in [2.24, 2.45) is 0 Å². The van der Waals surface area contributed by atoms with Gasteiger partial charge in [0, 0.05) is 25.2 Å². The van der Waals surface area contributed by atoms with Gasteiger partial charge in [0.15, 0.2) is 0 Å². The summed E-state index contributed by atoms with van der Waals surface area (Å²) in [7, 11) is -7.37. The van der Waals surface area contributed by atoms with E-state index in [2.05, 4.69) is 5.32 Å². The van der Waals surface area contributed by atoms with Gasteiger partial charge in [0.1, 0.15) is 11.8 Å². The molecule has 0 bridgehead atoms. The van der Waals surface area contributed by atoms with Crippen LogP contribution in [0.25, 0.3) is 0 Å². The van der Waals surface area contributed by atoms with Gasteiger partial charge in [0.2, 0.25) is 0 Å². The fraction of sp³-hybridized carbons (Fsp3) is 0.500. The number of carboxylic acid groups (broad SMARTS) is 2. The SMILES string of the molecule is CS(=O)(=O)OCCN(CCOS(C)(=O)=O)c1ccc(OC(=O)N[C@H](CCC(=O)O)C(=O)O)cc1. The molecule has 192 valence electrons. The fourth-order valence-corrected chi connectivity index (χ4v) is 3.25. The lowest BCUT2D eigenvalue weighted by atomic mass is 10.1. The summed E-state index contributed by atoms with van der Waals surface area (Å²) in [6.45, 7) is -0.313. The molecule has 0 aliphatic carbocycles. The summed E-state index contributed by atoms with van der Waals surface area (Å²) in [6.07, 6.45) is -0.131. The molecule has 0 heterocycles. The number of nitrogens with zero attached hydrogens (tertiary/aromatic N) is 1. The molecule has 0 aliphatic heterocycles. The van der Waals surface area contributed by atoms with Crippen molar-refractivity contribution in [3.05, 3.63) is 24.3 Å². The molecule has 0 spiro atoms. The fourth-order valence-electron chi connectivity index (χ4n) is 2.50. The van der Waals surface area contributed by atoms with Crippen LogP contribution in [0.4, 0.5) is 10.5 Å². The van der Waals surface area contributed by atoms with E-state index in [-0.39, 0.29) is 38.5 Å². The molecule has 0 unspecified atom stereocenters. The number of nitrogens with one attached hydrogen (secondary N) is 1. The molecule has 0 aliphatic rings. The van der Waals surface area contributed by atoms with E-state index in [4.69, 9.17) is 23.3 Å². The Balaban J connectivity index is 2.81. The van der Waals surface area contributed by atoms with Gasteiger partial charge in [-0.2, -0.15) is 16.8 Å². The van der Waals surface area contributed by atoms with E-state index in [0.29, 0.717) is 5.69 Å². The monoisotopic (exact) mass is 526 g/mol. The lowest BCUT2D eigenvalue weighted by Gasteiger charge is -2.24. The number of amides is 1. The van der Waals surface area contributed by atoms with Crippen LogP contribution in [-0.2, 0) is 38.2 Å². The van der Waals surface area contributed by atoms with Crippen molar-refractivity contribution in [1.82, 2.24) is 5.32 Å². The molecule has 0 saturated carbocycles. The maximum Gasteiger partial charge on any atom is 0.413 e. The molecule has 1 atom stereocenters. The van der Waals surface area contributed by atoms with Gasteiger partial charge in [0.05, 0.1) is 25.7 Å². The van der Waals surface area contributed by atoms with Crippen molar-refractivity contribution in [3.63, 3.8) is 0 Å². The van der Waals surface area contributed by atoms with E-state index < -0.39 is 50.7 Å². The molecule has 0 radical (unpaired) electrons. The van der Waals surface area contributed by atoms with Crippen LogP contribution >= 0.6 is 0 Å². The molecule has 14 nitrogen and oxygen atoms in total. The Hall–Kier alpha value is -2.95. The van der Waals surface area contributed by atoms with Crippen LogP contribution in [0, 0.1) is 0 Å². The van der Waals surface area contributed by atoms with E-state index in [9.17, 15) is 31.2 Å². The van der Waals surface area contributed by atoms with Gasteiger partial charge >= 0.3 is 18.0 Å². The highest BCUT2D eigenvalue weighted by Gasteiger charge is 2.22. The van der Waals surface area contributed by atoms with E-state index in [1.54, 1.807) is 4.90 Å². The average Bonchev–Trinajstić information content (AvgIpc) is 2.68. The second kappa shape index (κ2) is 13.1. The van der Waals surface area contributed by atoms with Crippen molar-refractivity contribution < 1.29 is 54.5 Å². The predicted molar refractivity (Wildman–Crippen MR) is 118 cm³/mol. The van der Waals surface area contributed by atoms with Crippen molar-refractivity contribution in [2.45, 2.75) is 18.9 Å². The summed E-state index contributed by atoms with van der Waals surface area (Å²) in [5, 5.41) is 19.8. The van der Waals surface area contributed by atoms with Crippen molar-refractivity contribution in [2.75, 3.05) is 43.7 Å². The van der Waals surface area contributed by atoms with Gasteiger partial charge in [-0.25, -0.2) is 9.59 Å². The van der Waals surface area contributed by atoms with E-state index in [0.717, 1.165) is 12.5 Å². The Bertz CT molecular complexity index is 1020. The quantitative estimate of drug-likeness (QED) is 0.255. The van der Waals surface area contributed by atoms with Crippen LogP contribution in [0.1, 0.15) is 12.8 Å². The first kappa shape index (κ1) is 29.1. The smallest absolute Gasteiger partial charge is 0.413 e. The average molecular weight is 527 g/mol. The summed E-state index contributed by atoms with van der Waals surface area (Å²) in [4.78, 5) is 35.3. The minimum Gasteiger partial charge on any atom is -0.481 e. The molecular weight excluding hydrogens is 500 g/mol. The summed E-state index contributed by atoms with van der Waals surface area (Å²) in [5.41, 5.74) is 0.492. The highest BCUT2D eigenvalue weighted by Crippen LogP contribution is 2.20. The zero-order valence-electron chi connectivity index (χ0n) is 18.4. The zero-order valence-corrected chi connectivity index (χ0v) is 20.0. The van der Waals surface area contributed by atoms with Gasteiger partial charge in [-0.3, -0.25) is 13.2 Å². The number of benzene rings is 1. The Morgan fingerprint density at radius 1 is 0.941 bits per heavy atom. The summed E-state index contributed by atoms with van der Waals surface area (Å²) in [6, 6.07) is 4.25. The van der Waals surface area contributed by atoms with Crippen LogP contribution in [0.15, 0.2) is 24.3 Å². The maximum absolute atomic E-state index is 12.0. The highest BCUT2D eigenvalue weighted by atomic mass is 32.2. The maximum atomic E-state index is 12.0. The van der Waals surface area contributed by atoms with Gasteiger partial charge in [-0.1, -0.05) is 0 Å². The molecule has 0 saturated heterocycles. The number of anilines is 1. The molecule has 16 heteroatoms. The Morgan fingerprint density at radius 3 is 1.85 bits per heavy atom. The van der Waals surface area contributed by atoms with Crippen LogP contribution in [0.5, 0.6) is 5.75 Å². The topological polar surface area (TPSA) is 203 Å². The number of carbonyl (C=O) groups is 3. The number of hydrogen-bond acceptors (Lipinski definition) is 11. The number of carboxylic acids is 2. The van der Waals surface area contributed by atoms with Gasteiger partial charge in [0.25, 0.3) is 20.2 Å². The summed E-state index contributed by atoms with van der Waals surface area (Å²) >= 11 is 0. The highest BCUT2D eigenvalue weighted by molar-refractivity contribution is 7.86. The number of carbonyl (C=O) groups excluding carboxylic acids is 1. The van der Waals surface area contributed by atoms with Crippen molar-refractivity contribution >= 4 is 44.0 Å². The number of ether oxygens (including phenoxy) is 1. The van der Waals surface area contributed by atoms with Crippen LogP contribution in [0.2, 0.25) is 0 Å². The minimum atomic E-state index is -3.68. The molecule has 1 aromatic rings. The minimum absolute atomic E-state index is 0.0309. The third-order valence-corrected chi connectivity index (χ3v) is 5.16. The molecular formula is C18H26N2O12S2. The Labute approximate surface area is 196 Å². The zero-order chi connectivity index (χ0) is 25.9. The van der Waals surface area contributed by atoms with Gasteiger partial charge in [-0.15, -0.1) is 0 Å². The molecule has 3 N–H and O–H groups in total. The van der Waals surface area contributed by atoms with Crippen LogP contribution < -0.4 is 15.0 Å². The number of hydrogen-bond donors (Lipinski definition) is 3. The Morgan fingerprint density at radius 2 is 1.44 bits per heavy atom. The van der Waals surface area contributed by atoms with Crippen LogP contribution in [0.3, 0.4) is 0 Å². The van der Waals surface area contributed by atoms with Crippen molar-refractivity contribution in [3.8, 4) is 5.75 Å². The lowest BCUT2D eigenvalue weighted by Crippen LogP contribution is -2.42. The predicted octanol–water partition coefficient (Wildman–Crippen LogP) is -0.148. The summed E-state index contributed by atoms with van der Waals surface area (Å²) < 4.78 is 59.1. The standard InChI is InChI=1S/C18H26N2O12S2/c1-33(26,27)30-11-9-20(10-12-31-34(2,28)29)13-3-5-14(6-4-13)32-18(25)19-15(17(23)24)7-8-16(21)22/h3-6,15H,7-12H2,1-2H3,(H,19,25)(H,21,22)(H,23,24)/t15-/m1/s1. The molecule has 0 aromatic heterocycles. The van der Waals surface area contributed by atoms with E-state index in [1.165, 1.54) is 24.3 Å². The van der Waals surface area contributed by atoms with Gasteiger partial charge < -0.3 is 25.2 Å². The third-order valence-electron chi connectivity index (χ3n) is 3.97. The first-order valence-corrected chi connectivity index (χ1v) is 13.3. The molecule has 1 aromatic carbocycles. The second-order valence-electron chi connectivity index (χ2n) is 6.89. The van der Waals surface area contributed by atoms with E-state index in [1.807, 2.05) is 0 Å². The normalized spacial score (nSPS) is 12.5. The first-order valence-electron chi connectivity index (χ1n) is 9.63. The van der Waals surface area contributed by atoms with Gasteiger partial charge in [-0.05, 0) is 30.7 Å². The number of rotatable bonds is 15. The van der Waals surface area contributed by atoms with Crippen molar-refractivity contribution in [1.29, 1.82) is 0 Å². The second-order valence-corrected chi connectivity index (χ2v) is 10.2. The molecule has 1 amide bonds. The molecule has 34 heavy (non-hydrogen) atoms. The third kappa shape index (κ3) is 12.9. The van der Waals surface area contributed by atoms with Crippen LogP contribution in [-0.4, -0.2) is 89.9 Å².